The molecule has 0 saturated heterocycles. The molecule has 6 aromatic rings. The molecule has 1 aliphatic rings. The van der Waals surface area contributed by atoms with Crippen LogP contribution < -0.4 is 8.97 Å². The fraction of sp³-hybridized carbons (Fsp3) is 0.0323. The van der Waals surface area contributed by atoms with Gasteiger partial charge in [-0.25, -0.2) is 0 Å². The van der Waals surface area contributed by atoms with E-state index in [0.717, 1.165) is 0 Å². The molecular weight excluding hydrogens is 400 g/mol. The van der Waals surface area contributed by atoms with Crippen molar-refractivity contribution in [3.05, 3.63) is 139 Å². The van der Waals surface area contributed by atoms with Gasteiger partial charge in [-0.15, -0.1) is 0 Å². The molecule has 0 radical (unpaired) electrons. The first-order valence-corrected chi connectivity index (χ1v) is 11.4. The Hall–Kier alpha value is -4.30. The molecule has 3 aromatic carbocycles. The molecule has 3 aromatic heterocycles. The summed E-state index contributed by atoms with van der Waals surface area (Å²) < 4.78 is 4.78. The van der Waals surface area contributed by atoms with Gasteiger partial charge in [0.2, 0.25) is 11.2 Å². The Morgan fingerprint density at radius 1 is 0.576 bits per heavy atom. The third-order valence-corrected chi connectivity index (χ3v) is 6.86. The largest absolute Gasteiger partial charge is 0.268 e. The molecular formula is C31H22N2+2. The smallest absolute Gasteiger partial charge is 0.181 e. The summed E-state index contributed by atoms with van der Waals surface area (Å²) in [4.78, 5) is 0. The quantitative estimate of drug-likeness (QED) is 0.233. The number of hydrogen-bond donors (Lipinski definition) is 0. The molecule has 1 aliphatic heterocycles. The number of aromatic nitrogens is 2. The lowest BCUT2D eigenvalue weighted by Gasteiger charge is -2.09. The van der Waals surface area contributed by atoms with Crippen molar-refractivity contribution in [1.29, 1.82) is 0 Å². The van der Waals surface area contributed by atoms with Gasteiger partial charge in [-0.05, 0) is 40.8 Å². The second-order valence-electron chi connectivity index (χ2n) is 8.68. The topological polar surface area (TPSA) is 7.98 Å². The van der Waals surface area contributed by atoms with Gasteiger partial charge in [0.25, 0.3) is 11.7 Å². The predicted octanol–water partition coefficient (Wildman–Crippen LogP) is 6.15. The first-order chi connectivity index (χ1) is 16.4. The highest BCUT2D eigenvalue weighted by molar-refractivity contribution is 5.93. The van der Waals surface area contributed by atoms with Gasteiger partial charge in [0, 0.05) is 35.9 Å². The monoisotopic (exact) mass is 422 g/mol. The van der Waals surface area contributed by atoms with Crippen LogP contribution in [-0.4, -0.2) is 0 Å². The van der Waals surface area contributed by atoms with Crippen molar-refractivity contribution < 1.29 is 8.97 Å². The maximum absolute atomic E-state index is 2.42. The van der Waals surface area contributed by atoms with E-state index in [4.69, 9.17) is 0 Å². The van der Waals surface area contributed by atoms with E-state index in [1.165, 1.54) is 49.9 Å². The Balaban J connectivity index is 1.52. The van der Waals surface area contributed by atoms with E-state index in [1.54, 1.807) is 0 Å². The Labute approximate surface area is 192 Å². The minimum absolute atomic E-state index is 0.112. The van der Waals surface area contributed by atoms with Crippen LogP contribution in [0.25, 0.3) is 38.7 Å². The third kappa shape index (κ3) is 2.74. The van der Waals surface area contributed by atoms with E-state index in [1.807, 2.05) is 0 Å². The van der Waals surface area contributed by atoms with Gasteiger partial charge in [0.1, 0.15) is 0 Å². The van der Waals surface area contributed by atoms with Gasteiger partial charge in [0.15, 0.2) is 12.4 Å². The van der Waals surface area contributed by atoms with E-state index in [0.29, 0.717) is 0 Å². The summed E-state index contributed by atoms with van der Waals surface area (Å²) in [6.07, 6.45) is 4.41. The second kappa shape index (κ2) is 7.11. The average molecular weight is 423 g/mol. The van der Waals surface area contributed by atoms with Crippen molar-refractivity contribution in [2.75, 3.05) is 0 Å². The van der Waals surface area contributed by atoms with Crippen molar-refractivity contribution >= 4 is 16.3 Å². The van der Waals surface area contributed by atoms with Gasteiger partial charge in [-0.3, -0.25) is 0 Å². The van der Waals surface area contributed by atoms with Crippen LogP contribution in [-0.2, 0) is 0 Å². The molecule has 154 valence electrons. The minimum Gasteiger partial charge on any atom is -0.181 e. The highest BCUT2D eigenvalue weighted by Gasteiger charge is 2.42. The molecule has 1 unspecified atom stereocenters. The van der Waals surface area contributed by atoms with Crippen LogP contribution in [0.1, 0.15) is 17.3 Å². The fourth-order valence-corrected chi connectivity index (χ4v) is 5.37. The molecule has 0 aliphatic carbocycles. The molecule has 33 heavy (non-hydrogen) atoms. The van der Waals surface area contributed by atoms with Gasteiger partial charge in [-0.2, -0.15) is 8.97 Å². The van der Waals surface area contributed by atoms with Crippen LogP contribution in [0.2, 0.25) is 0 Å². The highest BCUT2D eigenvalue weighted by Crippen LogP contribution is 2.39. The molecule has 0 fully saturated rings. The Morgan fingerprint density at radius 2 is 1.36 bits per heavy atom. The maximum atomic E-state index is 2.42. The number of rotatable bonds is 2. The Bertz CT molecular complexity index is 1670. The van der Waals surface area contributed by atoms with Crippen LogP contribution in [0.5, 0.6) is 0 Å². The molecule has 2 nitrogen and oxygen atoms in total. The van der Waals surface area contributed by atoms with Crippen LogP contribution >= 0.6 is 0 Å². The summed E-state index contributed by atoms with van der Waals surface area (Å²) in [6, 6.07) is 41.7. The molecule has 7 rings (SSSR count). The normalized spacial score (nSPS) is 14.4. The molecule has 0 saturated carbocycles. The predicted molar refractivity (Wildman–Crippen MR) is 132 cm³/mol. The second-order valence-corrected chi connectivity index (χ2v) is 8.68. The summed E-state index contributed by atoms with van der Waals surface area (Å²) in [5.41, 5.74) is 8.91. The lowest BCUT2D eigenvalue weighted by atomic mass is 9.94. The summed E-state index contributed by atoms with van der Waals surface area (Å²) in [6.45, 7) is 0. The van der Waals surface area contributed by atoms with Crippen LogP contribution in [0.15, 0.2) is 128 Å². The summed E-state index contributed by atoms with van der Waals surface area (Å²) in [7, 11) is 0. The van der Waals surface area contributed by atoms with E-state index in [-0.39, 0.29) is 6.04 Å². The molecule has 2 heteroatoms. The lowest BCUT2D eigenvalue weighted by molar-refractivity contribution is -0.707. The molecule has 0 amide bonds. The van der Waals surface area contributed by atoms with E-state index in [9.17, 15) is 0 Å². The highest BCUT2D eigenvalue weighted by atomic mass is 15.1. The number of fused-ring (bicyclic) bond motifs is 6. The van der Waals surface area contributed by atoms with E-state index < -0.39 is 0 Å². The third-order valence-electron chi connectivity index (χ3n) is 6.86. The van der Waals surface area contributed by atoms with Crippen LogP contribution in [0, 0.1) is 0 Å². The summed E-state index contributed by atoms with van der Waals surface area (Å²) in [5.74, 6) is 0. The van der Waals surface area contributed by atoms with Crippen LogP contribution in [0.4, 0.5) is 0 Å². The Morgan fingerprint density at radius 3 is 2.30 bits per heavy atom. The van der Waals surface area contributed by atoms with Crippen LogP contribution in [0.3, 0.4) is 0 Å². The molecule has 0 N–H and O–H groups in total. The molecule has 0 spiro atoms. The zero-order chi connectivity index (χ0) is 21.8. The zero-order valence-corrected chi connectivity index (χ0v) is 18.1. The first-order valence-electron chi connectivity index (χ1n) is 11.4. The lowest BCUT2D eigenvalue weighted by Crippen LogP contribution is -2.43. The van der Waals surface area contributed by atoms with Crippen molar-refractivity contribution in [2.45, 2.75) is 6.04 Å². The molecule has 4 heterocycles. The van der Waals surface area contributed by atoms with E-state index >= 15 is 0 Å². The number of hydrogen-bond acceptors (Lipinski definition) is 0. The van der Waals surface area contributed by atoms with Crippen molar-refractivity contribution in [3.8, 4) is 22.4 Å². The number of benzene rings is 3. The van der Waals surface area contributed by atoms with Gasteiger partial charge in [-0.1, -0.05) is 60.7 Å². The maximum Gasteiger partial charge on any atom is 0.268 e. The standard InChI is InChI=1S/C31H22N2/c1-2-10-22(11-3-1)23-16-17-26-27(20-23)29-15-7-9-19-33(29)31(26)30-21-24-12-4-5-13-25(24)28-14-6-8-18-32(28)30/h1-21,31H/q+2. The average Bonchev–Trinajstić information content (AvgIpc) is 3.22. The summed E-state index contributed by atoms with van der Waals surface area (Å²) >= 11 is 0. The number of nitrogens with zero attached hydrogens (tertiary/aromatic N) is 2. The fourth-order valence-electron chi connectivity index (χ4n) is 5.37. The first kappa shape index (κ1) is 18.3. The molecule has 1 atom stereocenters. The van der Waals surface area contributed by atoms with Crippen molar-refractivity contribution in [3.63, 3.8) is 0 Å². The SMILES string of the molecule is c1ccc(-c2ccc3c(c2)-c2cccc[n+]2C3c2cc3ccccc3c3cccc[n+]23)cc1. The minimum atomic E-state index is 0.112. The van der Waals surface area contributed by atoms with Crippen molar-refractivity contribution in [2.24, 2.45) is 0 Å². The van der Waals surface area contributed by atoms with Gasteiger partial charge >= 0.3 is 0 Å². The summed E-state index contributed by atoms with van der Waals surface area (Å²) in [5, 5.41) is 2.55. The van der Waals surface area contributed by atoms with Crippen molar-refractivity contribution in [1.82, 2.24) is 0 Å². The number of pyridine rings is 3. The van der Waals surface area contributed by atoms with Gasteiger partial charge in [0.05, 0.1) is 10.9 Å². The van der Waals surface area contributed by atoms with Gasteiger partial charge < -0.3 is 0 Å². The molecule has 0 bridgehead atoms. The Kier molecular flexibility index (Phi) is 3.94. The zero-order valence-electron chi connectivity index (χ0n) is 18.1. The van der Waals surface area contributed by atoms with E-state index in [2.05, 4.69) is 137 Å².